The molecule has 4 heteroatoms. The Bertz CT molecular complexity index is 416. The van der Waals surface area contributed by atoms with Crippen molar-refractivity contribution in [1.82, 2.24) is 0 Å². The molecule has 0 N–H and O–H groups in total. The maximum Gasteiger partial charge on any atom is 0.165 e. The van der Waals surface area contributed by atoms with Gasteiger partial charge in [-0.3, -0.25) is 0 Å². The van der Waals surface area contributed by atoms with Crippen molar-refractivity contribution in [3.8, 4) is 0 Å². The topological polar surface area (TPSA) is 18.5 Å². The van der Waals surface area contributed by atoms with Crippen LogP contribution < -0.4 is 0 Å². The van der Waals surface area contributed by atoms with Crippen LogP contribution in [-0.2, 0) is 9.47 Å². The number of rotatable bonds is 6. The van der Waals surface area contributed by atoms with E-state index < -0.39 is 5.79 Å². The smallest absolute Gasteiger partial charge is 0.165 e. The molecule has 1 heterocycles. The van der Waals surface area contributed by atoms with Crippen molar-refractivity contribution >= 4 is 23.4 Å². The van der Waals surface area contributed by atoms with Crippen LogP contribution in [0.3, 0.4) is 0 Å². The van der Waals surface area contributed by atoms with Gasteiger partial charge in [0.25, 0.3) is 0 Å². The van der Waals surface area contributed by atoms with Crippen LogP contribution in [0, 0.1) is 0 Å². The Kier molecular flexibility index (Phi) is 5.41. The number of ether oxygens (including phenoxy) is 2. The Morgan fingerprint density at radius 2 is 1.85 bits per heavy atom. The van der Waals surface area contributed by atoms with E-state index in [4.69, 9.17) is 21.1 Å². The summed E-state index contributed by atoms with van der Waals surface area (Å²) in [5.74, 6) is -0.444. The highest BCUT2D eigenvalue weighted by Crippen LogP contribution is 2.40. The lowest BCUT2D eigenvalue weighted by molar-refractivity contribution is -0.147. The summed E-state index contributed by atoms with van der Waals surface area (Å²) in [6, 6.07) is 10.4. The lowest BCUT2D eigenvalue weighted by atomic mass is 10.0. The molecule has 1 unspecified atom stereocenters. The molecule has 0 aromatic heterocycles. The van der Waals surface area contributed by atoms with Crippen LogP contribution in [0.4, 0.5) is 0 Å². The number of alkyl halides is 1. The molecule has 1 aromatic rings. The van der Waals surface area contributed by atoms with Crippen molar-refractivity contribution in [2.75, 3.05) is 13.2 Å². The number of hydrogen-bond acceptors (Lipinski definition) is 3. The first-order chi connectivity index (χ1) is 9.41. The number of halogens is 1. The Labute approximate surface area is 131 Å². The van der Waals surface area contributed by atoms with E-state index in [0.29, 0.717) is 13.2 Å². The van der Waals surface area contributed by atoms with Gasteiger partial charge in [-0.2, -0.15) is 0 Å². The van der Waals surface area contributed by atoms with Crippen LogP contribution in [0.25, 0.3) is 0 Å². The van der Waals surface area contributed by atoms with E-state index in [2.05, 4.69) is 38.1 Å². The van der Waals surface area contributed by atoms with E-state index in [-0.39, 0.29) is 10.1 Å². The van der Waals surface area contributed by atoms with Gasteiger partial charge >= 0.3 is 0 Å². The second kappa shape index (κ2) is 6.69. The van der Waals surface area contributed by atoms with E-state index in [1.54, 1.807) is 0 Å². The van der Waals surface area contributed by atoms with Gasteiger partial charge in [0.15, 0.2) is 5.79 Å². The van der Waals surface area contributed by atoms with Gasteiger partial charge in [0.05, 0.1) is 13.2 Å². The minimum atomic E-state index is -0.444. The zero-order valence-corrected chi connectivity index (χ0v) is 14.0. The maximum atomic E-state index is 6.63. The molecule has 0 radical (unpaired) electrons. The molecule has 1 aliphatic rings. The quantitative estimate of drug-likeness (QED) is 0.560. The monoisotopic (exact) mass is 314 g/mol. The first kappa shape index (κ1) is 16.2. The van der Waals surface area contributed by atoms with E-state index in [9.17, 15) is 0 Å². The fourth-order valence-electron chi connectivity index (χ4n) is 2.29. The number of benzene rings is 1. The molecule has 0 aliphatic carbocycles. The fourth-order valence-corrected chi connectivity index (χ4v) is 3.68. The van der Waals surface area contributed by atoms with E-state index in [1.807, 2.05) is 24.8 Å². The minimum Gasteiger partial charge on any atom is -0.348 e. The van der Waals surface area contributed by atoms with Crippen LogP contribution in [0.2, 0.25) is 0 Å². The highest BCUT2D eigenvalue weighted by atomic mass is 35.5. The zero-order valence-electron chi connectivity index (χ0n) is 12.4. The molecule has 0 amide bonds. The lowest BCUT2D eigenvalue weighted by Gasteiger charge is -2.31. The highest BCUT2D eigenvalue weighted by molar-refractivity contribution is 8.00. The van der Waals surface area contributed by atoms with Crippen molar-refractivity contribution in [3.05, 3.63) is 30.3 Å². The molecule has 1 fully saturated rings. The van der Waals surface area contributed by atoms with Crippen LogP contribution in [0.5, 0.6) is 0 Å². The molecule has 0 spiro atoms. The third-order valence-electron chi connectivity index (χ3n) is 3.63. The standard InChI is InChI=1S/C16H23ClO2S/c1-15(2,20-13-7-5-4-6-8-13)14(17)9-10-16(3)18-11-12-19-16/h4-8,14H,9-12H2,1-3H3. The average Bonchev–Trinajstić information content (AvgIpc) is 2.84. The number of hydrogen-bond donors (Lipinski definition) is 0. The van der Waals surface area contributed by atoms with Crippen molar-refractivity contribution in [1.29, 1.82) is 0 Å². The largest absolute Gasteiger partial charge is 0.348 e. The van der Waals surface area contributed by atoms with Gasteiger partial charge in [-0.15, -0.1) is 23.4 Å². The van der Waals surface area contributed by atoms with E-state index in [0.717, 1.165) is 12.8 Å². The minimum absolute atomic E-state index is 0.0299. The van der Waals surface area contributed by atoms with E-state index >= 15 is 0 Å². The molecule has 1 aromatic carbocycles. The zero-order chi connectivity index (χ0) is 14.6. The maximum absolute atomic E-state index is 6.63. The lowest BCUT2D eigenvalue weighted by Crippen LogP contribution is -2.32. The summed E-state index contributed by atoms with van der Waals surface area (Å²) >= 11 is 8.45. The second-order valence-corrected chi connectivity index (χ2v) is 8.11. The summed E-state index contributed by atoms with van der Waals surface area (Å²) in [6.07, 6.45) is 1.71. The van der Waals surface area contributed by atoms with E-state index in [1.165, 1.54) is 4.90 Å². The van der Waals surface area contributed by atoms with Gasteiger partial charge < -0.3 is 9.47 Å². The first-order valence-electron chi connectivity index (χ1n) is 7.07. The van der Waals surface area contributed by atoms with Crippen LogP contribution >= 0.6 is 23.4 Å². The summed E-state index contributed by atoms with van der Waals surface area (Å²) in [5, 5.41) is 0.0670. The van der Waals surface area contributed by atoms with Gasteiger partial charge in [0.1, 0.15) is 0 Å². The highest BCUT2D eigenvalue weighted by Gasteiger charge is 2.35. The van der Waals surface area contributed by atoms with Gasteiger partial charge in [0.2, 0.25) is 0 Å². The summed E-state index contributed by atoms with van der Waals surface area (Å²) in [4.78, 5) is 1.25. The Balaban J connectivity index is 1.88. The SMILES string of the molecule is CC1(CCC(Cl)C(C)(C)Sc2ccccc2)OCCO1. The van der Waals surface area contributed by atoms with Crippen molar-refractivity contribution < 1.29 is 9.47 Å². The van der Waals surface area contributed by atoms with Crippen LogP contribution in [0.1, 0.15) is 33.6 Å². The van der Waals surface area contributed by atoms with Crippen LogP contribution in [0.15, 0.2) is 35.2 Å². The summed E-state index contributed by atoms with van der Waals surface area (Å²) in [7, 11) is 0. The van der Waals surface area contributed by atoms with Gasteiger partial charge in [-0.25, -0.2) is 0 Å². The Morgan fingerprint density at radius 3 is 2.45 bits per heavy atom. The van der Waals surface area contributed by atoms with Gasteiger partial charge in [0, 0.05) is 21.4 Å². The molecule has 0 saturated carbocycles. The molecule has 112 valence electrons. The molecular weight excluding hydrogens is 292 g/mol. The van der Waals surface area contributed by atoms with Crippen molar-refractivity contribution in [3.63, 3.8) is 0 Å². The molecule has 1 atom stereocenters. The molecule has 1 aliphatic heterocycles. The Hall–Kier alpha value is -0.220. The van der Waals surface area contributed by atoms with Gasteiger partial charge in [-0.1, -0.05) is 18.2 Å². The molecule has 0 bridgehead atoms. The average molecular weight is 315 g/mol. The van der Waals surface area contributed by atoms with Crippen molar-refractivity contribution in [2.24, 2.45) is 0 Å². The van der Waals surface area contributed by atoms with Gasteiger partial charge in [-0.05, 0) is 39.3 Å². The predicted molar refractivity (Wildman–Crippen MR) is 85.6 cm³/mol. The summed E-state index contributed by atoms with van der Waals surface area (Å²) in [5.41, 5.74) is 0. The molecule has 1 saturated heterocycles. The normalized spacial score (nSPS) is 20.0. The Morgan fingerprint density at radius 1 is 1.25 bits per heavy atom. The summed E-state index contributed by atoms with van der Waals surface area (Å²) < 4.78 is 11.2. The summed E-state index contributed by atoms with van der Waals surface area (Å²) in [6.45, 7) is 7.76. The molecule has 2 rings (SSSR count). The molecular formula is C16H23ClO2S. The first-order valence-corrected chi connectivity index (χ1v) is 8.33. The third kappa shape index (κ3) is 4.39. The van der Waals surface area contributed by atoms with Crippen molar-refractivity contribution in [2.45, 2.75) is 54.4 Å². The molecule has 20 heavy (non-hydrogen) atoms. The number of thioether (sulfide) groups is 1. The molecule has 2 nitrogen and oxygen atoms in total. The van der Waals surface area contributed by atoms with Crippen LogP contribution in [-0.4, -0.2) is 29.1 Å². The second-order valence-electron chi connectivity index (χ2n) is 5.86. The predicted octanol–water partition coefficient (Wildman–Crippen LogP) is 4.71. The third-order valence-corrected chi connectivity index (χ3v) is 5.84. The fraction of sp³-hybridized carbons (Fsp3) is 0.625.